The monoisotopic (exact) mass is 266 g/mol. The Morgan fingerprint density at radius 3 is 2.80 bits per heavy atom. The number of furan rings is 1. The summed E-state index contributed by atoms with van der Waals surface area (Å²) in [7, 11) is 0. The molecule has 1 aromatic carbocycles. The van der Waals surface area contributed by atoms with Crippen LogP contribution in [0, 0.1) is 6.92 Å². The number of hydrogen-bond donors (Lipinski definition) is 1. The van der Waals surface area contributed by atoms with E-state index in [1.807, 2.05) is 30.5 Å². The fraction of sp³-hybridized carbons (Fsp3) is 0.235. The van der Waals surface area contributed by atoms with E-state index in [9.17, 15) is 0 Å². The van der Waals surface area contributed by atoms with Gasteiger partial charge in [-0.05, 0) is 37.1 Å². The topological polar surface area (TPSA) is 38.1 Å². The quantitative estimate of drug-likeness (QED) is 0.776. The maximum absolute atomic E-state index is 5.97. The highest BCUT2D eigenvalue weighted by Gasteiger charge is 2.15. The van der Waals surface area contributed by atoms with E-state index in [-0.39, 0.29) is 6.04 Å². The molecule has 1 atom stereocenters. The Kier molecular flexibility index (Phi) is 3.52. The van der Waals surface area contributed by atoms with E-state index < -0.39 is 0 Å². The predicted molar refractivity (Wildman–Crippen MR) is 80.4 cm³/mol. The van der Waals surface area contributed by atoms with E-state index in [4.69, 9.17) is 4.42 Å². The number of pyridine rings is 1. The number of para-hydroxylation sites is 1. The van der Waals surface area contributed by atoms with E-state index in [0.717, 1.165) is 17.9 Å². The van der Waals surface area contributed by atoms with Gasteiger partial charge in [-0.25, -0.2) is 0 Å². The highest BCUT2D eigenvalue weighted by Crippen LogP contribution is 2.29. The summed E-state index contributed by atoms with van der Waals surface area (Å²) in [4.78, 5) is 4.12. The minimum atomic E-state index is 0.169. The molecule has 3 rings (SSSR count). The smallest absolute Gasteiger partial charge is 0.134 e. The average Bonchev–Trinajstić information content (AvgIpc) is 2.84. The fourth-order valence-corrected chi connectivity index (χ4v) is 2.47. The minimum absolute atomic E-state index is 0.169. The second-order valence-electron chi connectivity index (χ2n) is 5.05. The summed E-state index contributed by atoms with van der Waals surface area (Å²) in [5, 5.41) is 4.68. The van der Waals surface area contributed by atoms with Crippen molar-refractivity contribution in [1.82, 2.24) is 10.3 Å². The molecule has 2 heterocycles. The van der Waals surface area contributed by atoms with Crippen LogP contribution in [0.3, 0.4) is 0 Å². The summed E-state index contributed by atoms with van der Waals surface area (Å²) in [5.41, 5.74) is 3.34. The zero-order valence-corrected chi connectivity index (χ0v) is 11.8. The van der Waals surface area contributed by atoms with Crippen LogP contribution in [0.25, 0.3) is 11.0 Å². The van der Waals surface area contributed by atoms with Crippen molar-refractivity contribution in [1.29, 1.82) is 0 Å². The van der Waals surface area contributed by atoms with Crippen molar-refractivity contribution in [3.63, 3.8) is 0 Å². The molecule has 0 aliphatic heterocycles. The molecule has 0 spiro atoms. The second-order valence-corrected chi connectivity index (χ2v) is 5.05. The molecule has 102 valence electrons. The first-order valence-electron chi connectivity index (χ1n) is 6.86. The van der Waals surface area contributed by atoms with E-state index in [1.54, 1.807) is 6.20 Å². The summed E-state index contributed by atoms with van der Waals surface area (Å²) in [6.45, 7) is 5.02. The van der Waals surface area contributed by atoms with Gasteiger partial charge < -0.3 is 9.73 Å². The van der Waals surface area contributed by atoms with Gasteiger partial charge in [0.25, 0.3) is 0 Å². The van der Waals surface area contributed by atoms with E-state index >= 15 is 0 Å². The summed E-state index contributed by atoms with van der Waals surface area (Å²) in [5.74, 6) is 1.01. The first-order chi connectivity index (χ1) is 9.75. The third-order valence-corrected chi connectivity index (χ3v) is 3.61. The Hall–Kier alpha value is -2.13. The lowest BCUT2D eigenvalue weighted by molar-refractivity contribution is 0.447. The molecule has 1 unspecified atom stereocenters. The molecule has 2 aromatic heterocycles. The predicted octanol–water partition coefficient (Wildman–Crippen LogP) is 3.99. The van der Waals surface area contributed by atoms with Crippen LogP contribution in [0.1, 0.15) is 29.9 Å². The number of aryl methyl sites for hydroxylation is 1. The molecule has 1 N–H and O–H groups in total. The van der Waals surface area contributed by atoms with Crippen LogP contribution in [-0.4, -0.2) is 4.98 Å². The Balaban J connectivity index is 1.79. The van der Waals surface area contributed by atoms with Gasteiger partial charge in [-0.15, -0.1) is 0 Å². The number of rotatable bonds is 4. The van der Waals surface area contributed by atoms with Crippen molar-refractivity contribution in [3.8, 4) is 0 Å². The van der Waals surface area contributed by atoms with Crippen LogP contribution in [-0.2, 0) is 6.54 Å². The van der Waals surface area contributed by atoms with Crippen molar-refractivity contribution in [2.24, 2.45) is 0 Å². The van der Waals surface area contributed by atoms with Gasteiger partial charge in [0.15, 0.2) is 0 Å². The van der Waals surface area contributed by atoms with Gasteiger partial charge in [0.05, 0.1) is 6.04 Å². The van der Waals surface area contributed by atoms with Crippen molar-refractivity contribution in [2.75, 3.05) is 0 Å². The normalized spacial score (nSPS) is 12.7. The van der Waals surface area contributed by atoms with Gasteiger partial charge >= 0.3 is 0 Å². The van der Waals surface area contributed by atoms with E-state index in [2.05, 4.69) is 36.3 Å². The number of nitrogens with zero attached hydrogens (tertiary/aromatic N) is 1. The van der Waals surface area contributed by atoms with Crippen LogP contribution in [0.4, 0.5) is 0 Å². The third kappa shape index (κ3) is 2.45. The number of fused-ring (bicyclic) bond motifs is 1. The van der Waals surface area contributed by atoms with E-state index in [0.29, 0.717) is 0 Å². The van der Waals surface area contributed by atoms with Crippen molar-refractivity contribution < 1.29 is 4.42 Å². The SMILES string of the molecule is Cc1c(C(C)NCc2cccnc2)oc2ccccc12. The highest BCUT2D eigenvalue weighted by molar-refractivity contribution is 5.82. The molecule has 0 aliphatic carbocycles. The molecule has 0 amide bonds. The average molecular weight is 266 g/mol. The number of aromatic nitrogens is 1. The molecular weight excluding hydrogens is 248 g/mol. The molecule has 0 saturated heterocycles. The van der Waals surface area contributed by atoms with Gasteiger partial charge in [0, 0.05) is 24.3 Å². The molecule has 3 aromatic rings. The second kappa shape index (κ2) is 5.47. The Morgan fingerprint density at radius 2 is 2.05 bits per heavy atom. The summed E-state index contributed by atoms with van der Waals surface area (Å²) >= 11 is 0. The lowest BCUT2D eigenvalue weighted by Gasteiger charge is -2.12. The molecule has 3 heteroatoms. The minimum Gasteiger partial charge on any atom is -0.459 e. The van der Waals surface area contributed by atoms with Crippen LogP contribution < -0.4 is 5.32 Å². The molecule has 0 saturated carbocycles. The third-order valence-electron chi connectivity index (χ3n) is 3.61. The maximum Gasteiger partial charge on any atom is 0.134 e. The largest absolute Gasteiger partial charge is 0.459 e. The maximum atomic E-state index is 5.97. The number of benzene rings is 1. The Labute approximate surface area is 118 Å². The van der Waals surface area contributed by atoms with Crippen molar-refractivity contribution >= 4 is 11.0 Å². The van der Waals surface area contributed by atoms with Crippen molar-refractivity contribution in [2.45, 2.75) is 26.4 Å². The summed E-state index contributed by atoms with van der Waals surface area (Å²) in [6.07, 6.45) is 3.67. The first kappa shape index (κ1) is 12.9. The van der Waals surface area contributed by atoms with Gasteiger partial charge in [0.1, 0.15) is 11.3 Å². The Bertz CT molecular complexity index is 703. The molecular formula is C17H18N2O. The molecule has 0 radical (unpaired) electrons. The lowest BCUT2D eigenvalue weighted by Crippen LogP contribution is -2.18. The van der Waals surface area contributed by atoms with Gasteiger partial charge in [-0.1, -0.05) is 24.3 Å². The molecule has 3 nitrogen and oxygen atoms in total. The fourth-order valence-electron chi connectivity index (χ4n) is 2.47. The molecule has 0 bridgehead atoms. The molecule has 0 fully saturated rings. The Morgan fingerprint density at radius 1 is 1.20 bits per heavy atom. The number of nitrogens with one attached hydrogen (secondary N) is 1. The van der Waals surface area contributed by atoms with Gasteiger partial charge in [0.2, 0.25) is 0 Å². The van der Waals surface area contributed by atoms with Crippen molar-refractivity contribution in [3.05, 3.63) is 65.7 Å². The molecule has 20 heavy (non-hydrogen) atoms. The molecule has 0 aliphatic rings. The summed E-state index contributed by atoms with van der Waals surface area (Å²) in [6, 6.07) is 12.4. The zero-order chi connectivity index (χ0) is 13.9. The standard InChI is InChI=1S/C17H18N2O/c1-12-15-7-3-4-8-16(15)20-17(12)13(2)19-11-14-6-5-9-18-10-14/h3-10,13,19H,11H2,1-2H3. The van der Waals surface area contributed by atoms with Crippen LogP contribution in [0.2, 0.25) is 0 Å². The van der Waals surface area contributed by atoms with Crippen LogP contribution >= 0.6 is 0 Å². The first-order valence-corrected chi connectivity index (χ1v) is 6.86. The lowest BCUT2D eigenvalue weighted by atomic mass is 10.1. The van der Waals surface area contributed by atoms with Gasteiger partial charge in [-0.2, -0.15) is 0 Å². The van der Waals surface area contributed by atoms with E-state index in [1.165, 1.54) is 16.5 Å². The summed E-state index contributed by atoms with van der Waals surface area (Å²) < 4.78 is 5.97. The van der Waals surface area contributed by atoms with Crippen LogP contribution in [0.5, 0.6) is 0 Å². The van der Waals surface area contributed by atoms with Crippen LogP contribution in [0.15, 0.2) is 53.2 Å². The number of hydrogen-bond acceptors (Lipinski definition) is 3. The van der Waals surface area contributed by atoms with Gasteiger partial charge in [-0.3, -0.25) is 4.98 Å². The highest BCUT2D eigenvalue weighted by atomic mass is 16.3. The zero-order valence-electron chi connectivity index (χ0n) is 11.8.